The van der Waals surface area contributed by atoms with Gasteiger partial charge in [-0.05, 0) is 68.3 Å². The molecule has 0 bridgehead atoms. The van der Waals surface area contributed by atoms with Crippen LogP contribution >= 0.6 is 0 Å². The zero-order chi connectivity index (χ0) is 14.1. The molecule has 3 rings (SSSR count). The number of benzene rings is 1. The molecule has 2 aliphatic rings. The van der Waals surface area contributed by atoms with Gasteiger partial charge < -0.3 is 5.11 Å². The molecule has 110 valence electrons. The van der Waals surface area contributed by atoms with Crippen molar-refractivity contribution in [3.63, 3.8) is 0 Å². The van der Waals surface area contributed by atoms with Crippen LogP contribution in [0.25, 0.3) is 0 Å². The Hall–Kier alpha value is -1.02. The smallest absolute Gasteiger partial charge is 0.115 e. The van der Waals surface area contributed by atoms with Crippen LogP contribution in [0.2, 0.25) is 0 Å². The number of hydrogen-bond acceptors (Lipinski definition) is 2. The first-order valence-corrected chi connectivity index (χ1v) is 8.20. The molecule has 2 aliphatic carbocycles. The fourth-order valence-electron chi connectivity index (χ4n) is 4.33. The maximum atomic E-state index is 9.69. The van der Waals surface area contributed by atoms with Crippen LogP contribution in [0.15, 0.2) is 18.2 Å². The van der Waals surface area contributed by atoms with Crippen LogP contribution in [-0.4, -0.2) is 23.1 Å². The average Bonchev–Trinajstić information content (AvgIpc) is 2.46. The van der Waals surface area contributed by atoms with E-state index in [1.54, 1.807) is 0 Å². The van der Waals surface area contributed by atoms with E-state index in [0.29, 0.717) is 11.8 Å². The van der Waals surface area contributed by atoms with Crippen molar-refractivity contribution < 1.29 is 5.11 Å². The Balaban J connectivity index is 1.84. The second-order valence-corrected chi connectivity index (χ2v) is 6.79. The number of nitrogens with zero attached hydrogens (tertiary/aromatic N) is 1. The van der Waals surface area contributed by atoms with Crippen LogP contribution in [0.4, 0.5) is 0 Å². The molecule has 1 aromatic rings. The predicted molar refractivity (Wildman–Crippen MR) is 83.0 cm³/mol. The first-order valence-electron chi connectivity index (χ1n) is 8.20. The van der Waals surface area contributed by atoms with Gasteiger partial charge in [-0.15, -0.1) is 0 Å². The second-order valence-electron chi connectivity index (χ2n) is 6.79. The predicted octanol–water partition coefficient (Wildman–Crippen LogP) is 4.28. The van der Waals surface area contributed by atoms with Crippen molar-refractivity contribution in [3.05, 3.63) is 29.3 Å². The number of hydrogen-bond donors (Lipinski definition) is 1. The fraction of sp³-hybridized carbons (Fsp3) is 0.667. The summed E-state index contributed by atoms with van der Waals surface area (Å²) in [5.41, 5.74) is 2.81. The molecule has 1 aromatic carbocycles. The standard InChI is InChI=1S/C18H27NO/c1-13-6-3-4-8-17(13)19(2)18-9-5-7-14-12-15(20)10-11-16(14)18/h10-13,17-18,20H,3-9H2,1-2H3. The first-order chi connectivity index (χ1) is 9.66. The van der Waals surface area contributed by atoms with E-state index in [2.05, 4.69) is 24.9 Å². The Morgan fingerprint density at radius 1 is 1.10 bits per heavy atom. The zero-order valence-electron chi connectivity index (χ0n) is 12.8. The molecule has 1 saturated carbocycles. The van der Waals surface area contributed by atoms with E-state index in [0.717, 1.165) is 18.4 Å². The van der Waals surface area contributed by atoms with Crippen molar-refractivity contribution in [2.75, 3.05) is 7.05 Å². The number of aromatic hydroxyl groups is 1. The lowest BCUT2D eigenvalue weighted by Gasteiger charge is -2.43. The molecule has 1 fully saturated rings. The minimum absolute atomic E-state index is 0.415. The Morgan fingerprint density at radius 2 is 1.90 bits per heavy atom. The lowest BCUT2D eigenvalue weighted by molar-refractivity contribution is 0.0874. The molecular formula is C18H27NO. The summed E-state index contributed by atoms with van der Waals surface area (Å²) in [5, 5.41) is 9.69. The summed E-state index contributed by atoms with van der Waals surface area (Å²) in [6.07, 6.45) is 9.14. The van der Waals surface area contributed by atoms with Crippen LogP contribution < -0.4 is 0 Å². The minimum atomic E-state index is 0.415. The largest absolute Gasteiger partial charge is 0.508 e. The number of fused-ring (bicyclic) bond motifs is 1. The first kappa shape index (κ1) is 13.9. The van der Waals surface area contributed by atoms with Crippen LogP contribution in [-0.2, 0) is 6.42 Å². The molecule has 0 amide bonds. The maximum absolute atomic E-state index is 9.69. The number of aryl methyl sites for hydroxylation is 1. The monoisotopic (exact) mass is 273 g/mol. The summed E-state index contributed by atoms with van der Waals surface area (Å²) < 4.78 is 0. The highest BCUT2D eigenvalue weighted by Crippen LogP contribution is 2.39. The molecule has 0 spiro atoms. The lowest BCUT2D eigenvalue weighted by atomic mass is 9.81. The number of phenolic OH excluding ortho intramolecular Hbond substituents is 1. The van der Waals surface area contributed by atoms with E-state index in [1.165, 1.54) is 49.7 Å². The van der Waals surface area contributed by atoms with Crippen molar-refractivity contribution in [1.82, 2.24) is 4.90 Å². The van der Waals surface area contributed by atoms with Crippen LogP contribution in [0.3, 0.4) is 0 Å². The third-order valence-electron chi connectivity index (χ3n) is 5.49. The molecule has 3 unspecified atom stereocenters. The average molecular weight is 273 g/mol. The Kier molecular flexibility index (Phi) is 4.02. The molecular weight excluding hydrogens is 246 g/mol. The van der Waals surface area contributed by atoms with Gasteiger partial charge in [0.2, 0.25) is 0 Å². The summed E-state index contributed by atoms with van der Waals surface area (Å²) in [6.45, 7) is 2.42. The van der Waals surface area contributed by atoms with Gasteiger partial charge in [-0.2, -0.15) is 0 Å². The van der Waals surface area contributed by atoms with Gasteiger partial charge in [0, 0.05) is 12.1 Å². The van der Waals surface area contributed by atoms with Gasteiger partial charge >= 0.3 is 0 Å². The Morgan fingerprint density at radius 3 is 2.70 bits per heavy atom. The highest BCUT2D eigenvalue weighted by atomic mass is 16.3. The summed E-state index contributed by atoms with van der Waals surface area (Å²) in [6, 6.07) is 7.26. The van der Waals surface area contributed by atoms with E-state index >= 15 is 0 Å². The Labute approximate surface area is 122 Å². The molecule has 0 heterocycles. The molecule has 0 radical (unpaired) electrons. The normalized spacial score (nSPS) is 30.2. The van der Waals surface area contributed by atoms with Crippen molar-refractivity contribution in [3.8, 4) is 5.75 Å². The second kappa shape index (κ2) is 5.77. The lowest BCUT2D eigenvalue weighted by Crippen LogP contribution is -2.42. The van der Waals surface area contributed by atoms with Crippen molar-refractivity contribution in [2.45, 2.75) is 64.0 Å². The van der Waals surface area contributed by atoms with Gasteiger partial charge in [0.1, 0.15) is 5.75 Å². The summed E-state index contributed by atoms with van der Waals surface area (Å²) in [4.78, 5) is 2.64. The van der Waals surface area contributed by atoms with Crippen LogP contribution in [0.5, 0.6) is 5.75 Å². The maximum Gasteiger partial charge on any atom is 0.115 e. The van der Waals surface area contributed by atoms with Crippen molar-refractivity contribution in [2.24, 2.45) is 5.92 Å². The van der Waals surface area contributed by atoms with E-state index in [-0.39, 0.29) is 0 Å². The number of rotatable bonds is 2. The molecule has 1 N–H and O–H groups in total. The van der Waals surface area contributed by atoms with Crippen LogP contribution in [0, 0.1) is 5.92 Å². The van der Waals surface area contributed by atoms with Gasteiger partial charge in [0.15, 0.2) is 0 Å². The van der Waals surface area contributed by atoms with Gasteiger partial charge in [0.25, 0.3) is 0 Å². The highest BCUT2D eigenvalue weighted by Gasteiger charge is 2.32. The van der Waals surface area contributed by atoms with Crippen LogP contribution in [0.1, 0.15) is 62.6 Å². The number of phenols is 1. The molecule has 0 saturated heterocycles. The van der Waals surface area contributed by atoms with Gasteiger partial charge in [0.05, 0.1) is 0 Å². The van der Waals surface area contributed by atoms with E-state index in [4.69, 9.17) is 0 Å². The molecule has 0 aliphatic heterocycles. The Bertz CT molecular complexity index is 470. The van der Waals surface area contributed by atoms with E-state index in [9.17, 15) is 5.11 Å². The fourth-order valence-corrected chi connectivity index (χ4v) is 4.33. The summed E-state index contributed by atoms with van der Waals surface area (Å²) in [5.74, 6) is 1.23. The summed E-state index contributed by atoms with van der Waals surface area (Å²) >= 11 is 0. The molecule has 0 aromatic heterocycles. The summed E-state index contributed by atoms with van der Waals surface area (Å²) in [7, 11) is 2.32. The minimum Gasteiger partial charge on any atom is -0.508 e. The highest BCUT2D eigenvalue weighted by molar-refractivity contribution is 5.38. The zero-order valence-corrected chi connectivity index (χ0v) is 12.8. The molecule has 2 nitrogen and oxygen atoms in total. The molecule has 20 heavy (non-hydrogen) atoms. The van der Waals surface area contributed by atoms with Gasteiger partial charge in [-0.3, -0.25) is 4.90 Å². The van der Waals surface area contributed by atoms with E-state index in [1.807, 2.05) is 12.1 Å². The van der Waals surface area contributed by atoms with Crippen molar-refractivity contribution in [1.29, 1.82) is 0 Å². The van der Waals surface area contributed by atoms with Gasteiger partial charge in [-0.25, -0.2) is 0 Å². The third-order valence-corrected chi connectivity index (χ3v) is 5.49. The third kappa shape index (κ3) is 2.58. The SMILES string of the molecule is CC1CCCCC1N(C)C1CCCc2cc(O)ccc21. The van der Waals surface area contributed by atoms with Gasteiger partial charge in [-0.1, -0.05) is 25.8 Å². The quantitative estimate of drug-likeness (QED) is 0.869. The van der Waals surface area contributed by atoms with Crippen molar-refractivity contribution >= 4 is 0 Å². The van der Waals surface area contributed by atoms with E-state index < -0.39 is 0 Å². The molecule has 3 atom stereocenters. The molecule has 2 heteroatoms. The topological polar surface area (TPSA) is 23.5 Å².